The largest absolute Gasteiger partial charge is 0.485 e. The molecule has 0 spiro atoms. The smallest absolute Gasteiger partial charge is 0.248 e. The lowest BCUT2D eigenvalue weighted by atomic mass is 9.85. The van der Waals surface area contributed by atoms with Gasteiger partial charge in [0, 0.05) is 37.1 Å². The fourth-order valence-corrected chi connectivity index (χ4v) is 6.02. The Kier molecular flexibility index (Phi) is 6.86. The van der Waals surface area contributed by atoms with Crippen LogP contribution in [-0.4, -0.2) is 55.5 Å². The summed E-state index contributed by atoms with van der Waals surface area (Å²) in [5.74, 6) is 0.644. The summed E-state index contributed by atoms with van der Waals surface area (Å²) in [7, 11) is 0. The molecule has 1 unspecified atom stereocenters. The van der Waals surface area contributed by atoms with Crippen LogP contribution in [0.1, 0.15) is 87.4 Å². The van der Waals surface area contributed by atoms with Gasteiger partial charge in [-0.2, -0.15) is 0 Å². The molecular weight excluding hydrogens is 506 g/mol. The molecule has 9 nitrogen and oxygen atoms in total. The van der Waals surface area contributed by atoms with Crippen molar-refractivity contribution in [2.75, 3.05) is 6.54 Å². The number of aliphatic hydroxyl groups is 1. The van der Waals surface area contributed by atoms with E-state index in [1.54, 1.807) is 4.68 Å². The zero-order valence-electron chi connectivity index (χ0n) is 23.2. The van der Waals surface area contributed by atoms with E-state index in [0.29, 0.717) is 12.3 Å². The van der Waals surface area contributed by atoms with E-state index < -0.39 is 23.6 Å². The number of amides is 2. The molecule has 1 saturated carbocycles. The first-order chi connectivity index (χ1) is 19.2. The highest BCUT2D eigenvalue weighted by Gasteiger charge is 2.46. The Morgan fingerprint density at radius 3 is 2.50 bits per heavy atom. The molecule has 6 rings (SSSR count). The molecule has 0 bridgehead atoms. The number of ether oxygens (including phenoxy) is 1. The molecule has 40 heavy (non-hydrogen) atoms. The number of β-amino-alcohol motifs (C(OH)–C–C–N with tert-alkyl or cyclic N) is 1. The second-order valence-electron chi connectivity index (χ2n) is 12.4. The number of fused-ring (bicyclic) bond motifs is 1. The van der Waals surface area contributed by atoms with E-state index in [4.69, 9.17) is 4.74 Å². The Morgan fingerprint density at radius 2 is 1.77 bits per heavy atom. The fraction of sp³-hybridized carbons (Fsp3) is 0.484. The van der Waals surface area contributed by atoms with Crippen LogP contribution in [0.4, 0.5) is 0 Å². The number of nitrogens with zero attached hydrogens (tertiary/aromatic N) is 4. The molecule has 2 fully saturated rings. The van der Waals surface area contributed by atoms with E-state index in [2.05, 4.69) is 15.6 Å². The number of carbonyl (C=O) groups excluding carboxylic acids is 2. The highest BCUT2D eigenvalue weighted by molar-refractivity contribution is 5.90. The van der Waals surface area contributed by atoms with Crippen molar-refractivity contribution in [2.24, 2.45) is 5.41 Å². The molecule has 1 aromatic heterocycles. The molecule has 5 atom stereocenters. The Balaban J connectivity index is 1.24. The van der Waals surface area contributed by atoms with Crippen LogP contribution in [0.2, 0.25) is 0 Å². The topological polar surface area (TPSA) is 110 Å². The van der Waals surface area contributed by atoms with Crippen LogP contribution in [0.25, 0.3) is 0 Å². The number of likely N-dealkylation sites (tertiary alicyclic amines) is 1. The molecular formula is C31H37N5O4. The minimum absolute atomic E-state index is 0.102. The molecule has 210 valence electrons. The van der Waals surface area contributed by atoms with Gasteiger partial charge in [0.15, 0.2) is 0 Å². The van der Waals surface area contributed by atoms with Crippen molar-refractivity contribution in [1.29, 1.82) is 0 Å². The maximum Gasteiger partial charge on any atom is 0.248 e. The molecule has 0 radical (unpaired) electrons. The van der Waals surface area contributed by atoms with Gasteiger partial charge in [0.05, 0.1) is 17.8 Å². The zero-order chi connectivity index (χ0) is 28.0. The number of hydrogen-bond acceptors (Lipinski definition) is 6. The molecule has 1 aliphatic carbocycles. The summed E-state index contributed by atoms with van der Waals surface area (Å²) in [6.45, 7) is 6.06. The molecule has 2 aliphatic heterocycles. The summed E-state index contributed by atoms with van der Waals surface area (Å²) in [6, 6.07) is 16.0. The van der Waals surface area contributed by atoms with E-state index >= 15 is 0 Å². The fourth-order valence-electron chi connectivity index (χ4n) is 6.02. The third-order valence-corrected chi connectivity index (χ3v) is 8.21. The average Bonchev–Trinajstić information content (AvgIpc) is 3.54. The lowest BCUT2D eigenvalue weighted by Gasteiger charge is -2.36. The third kappa shape index (κ3) is 5.22. The average molecular weight is 544 g/mol. The molecule has 3 aliphatic rings. The number of carbonyl (C=O) groups is 2. The van der Waals surface area contributed by atoms with Crippen molar-refractivity contribution in [3.8, 4) is 5.75 Å². The Labute approximate surface area is 234 Å². The van der Waals surface area contributed by atoms with Crippen LogP contribution in [0, 0.1) is 5.41 Å². The lowest BCUT2D eigenvalue weighted by Crippen LogP contribution is -2.51. The van der Waals surface area contributed by atoms with Gasteiger partial charge in [0.25, 0.3) is 0 Å². The SMILES string of the molecule is CC(C)(C)C(C(=O)N1C[C@H](O)C[C@H]1C(=O)N[C@@H]1C[C@@H](c2ccccc2)Oc2ccccc21)n1cc(C2CC2)nn1. The summed E-state index contributed by atoms with van der Waals surface area (Å²) in [4.78, 5) is 29.5. The maximum absolute atomic E-state index is 14.1. The normalized spacial score (nSPS) is 25.1. The number of para-hydroxylation sites is 1. The molecule has 2 aromatic carbocycles. The Hall–Kier alpha value is -3.72. The van der Waals surface area contributed by atoms with Crippen LogP contribution in [0.15, 0.2) is 60.8 Å². The van der Waals surface area contributed by atoms with Crippen LogP contribution >= 0.6 is 0 Å². The van der Waals surface area contributed by atoms with Crippen molar-refractivity contribution < 1.29 is 19.4 Å². The first-order valence-electron chi connectivity index (χ1n) is 14.2. The molecule has 3 heterocycles. The highest BCUT2D eigenvalue weighted by atomic mass is 16.5. The first kappa shape index (κ1) is 26.5. The minimum atomic E-state index is -0.788. The van der Waals surface area contributed by atoms with Crippen molar-refractivity contribution in [3.63, 3.8) is 0 Å². The predicted molar refractivity (Wildman–Crippen MR) is 148 cm³/mol. The predicted octanol–water partition coefficient (Wildman–Crippen LogP) is 4.09. The molecule has 3 aromatic rings. The second-order valence-corrected chi connectivity index (χ2v) is 12.4. The summed E-state index contributed by atoms with van der Waals surface area (Å²) in [6.07, 6.45) is 3.80. The number of benzene rings is 2. The lowest BCUT2D eigenvalue weighted by molar-refractivity contribution is -0.144. The number of hydrogen-bond donors (Lipinski definition) is 2. The molecule has 2 N–H and O–H groups in total. The minimum Gasteiger partial charge on any atom is -0.485 e. The maximum atomic E-state index is 14.1. The summed E-state index contributed by atoms with van der Waals surface area (Å²) < 4.78 is 7.95. The monoisotopic (exact) mass is 543 g/mol. The van der Waals surface area contributed by atoms with Gasteiger partial charge in [0.2, 0.25) is 11.8 Å². The molecule has 1 saturated heterocycles. The Bertz CT molecular complexity index is 1380. The van der Waals surface area contributed by atoms with Gasteiger partial charge in [-0.05, 0) is 29.9 Å². The van der Waals surface area contributed by atoms with Gasteiger partial charge in [-0.1, -0.05) is 74.5 Å². The van der Waals surface area contributed by atoms with Crippen molar-refractivity contribution in [3.05, 3.63) is 77.6 Å². The van der Waals surface area contributed by atoms with E-state index in [1.165, 1.54) is 4.90 Å². The molecule has 2 amide bonds. The van der Waals surface area contributed by atoms with Gasteiger partial charge in [-0.25, -0.2) is 4.68 Å². The zero-order valence-corrected chi connectivity index (χ0v) is 23.2. The van der Waals surface area contributed by atoms with Crippen molar-refractivity contribution in [2.45, 2.75) is 82.7 Å². The van der Waals surface area contributed by atoms with E-state index in [-0.39, 0.29) is 36.9 Å². The van der Waals surface area contributed by atoms with Crippen LogP contribution in [0.5, 0.6) is 5.75 Å². The summed E-state index contributed by atoms with van der Waals surface area (Å²) in [5.41, 5.74) is 2.37. The van der Waals surface area contributed by atoms with Crippen LogP contribution < -0.4 is 10.1 Å². The number of aliphatic hydroxyl groups excluding tert-OH is 1. The highest BCUT2D eigenvalue weighted by Crippen LogP contribution is 2.42. The van der Waals surface area contributed by atoms with Crippen molar-refractivity contribution in [1.82, 2.24) is 25.2 Å². The Morgan fingerprint density at radius 1 is 1.05 bits per heavy atom. The standard InChI is InChI=1S/C31H37N5O4/c1-31(2,3)28(36-18-24(33-34-36)19-13-14-19)30(39)35-17-21(37)15-25(35)29(38)32-23-16-27(20-9-5-4-6-10-20)40-26-12-8-7-11-22(23)26/h4-12,18-19,21,23,25,27-28,37H,13-17H2,1-3H3,(H,32,38)/t21-,23-,25+,27+,28?/m1/s1. The van der Waals surface area contributed by atoms with E-state index in [1.807, 2.05) is 81.6 Å². The quantitative estimate of drug-likeness (QED) is 0.485. The van der Waals surface area contributed by atoms with Gasteiger partial charge < -0.3 is 20.1 Å². The molecule has 9 heteroatoms. The second kappa shape index (κ2) is 10.4. The third-order valence-electron chi connectivity index (χ3n) is 8.21. The number of nitrogens with one attached hydrogen (secondary N) is 1. The van der Waals surface area contributed by atoms with Gasteiger partial charge in [0.1, 0.15) is 23.9 Å². The van der Waals surface area contributed by atoms with Gasteiger partial charge in [-0.15, -0.1) is 5.10 Å². The van der Waals surface area contributed by atoms with Crippen LogP contribution in [-0.2, 0) is 9.59 Å². The first-order valence-corrected chi connectivity index (χ1v) is 14.2. The number of rotatable bonds is 6. The van der Waals surface area contributed by atoms with Crippen LogP contribution in [0.3, 0.4) is 0 Å². The van der Waals surface area contributed by atoms with Crippen molar-refractivity contribution >= 4 is 11.8 Å². The van der Waals surface area contributed by atoms with E-state index in [0.717, 1.165) is 35.4 Å². The van der Waals surface area contributed by atoms with Gasteiger partial charge in [-0.3, -0.25) is 9.59 Å². The van der Waals surface area contributed by atoms with E-state index in [9.17, 15) is 14.7 Å². The summed E-state index contributed by atoms with van der Waals surface area (Å²) in [5, 5.41) is 22.5. The number of aromatic nitrogens is 3. The van der Waals surface area contributed by atoms with Gasteiger partial charge >= 0.3 is 0 Å². The summed E-state index contributed by atoms with van der Waals surface area (Å²) >= 11 is 0.